The van der Waals surface area contributed by atoms with Crippen LogP contribution in [-0.4, -0.2) is 48.8 Å². The lowest BCUT2D eigenvalue weighted by Crippen LogP contribution is -2.53. The molecule has 0 spiro atoms. The number of hydrogen-bond acceptors (Lipinski definition) is 4. The third kappa shape index (κ3) is 15.8. The Labute approximate surface area is 105 Å². The Balaban J connectivity index is 0. The highest BCUT2D eigenvalue weighted by Crippen LogP contribution is 2.09. The van der Waals surface area contributed by atoms with E-state index in [1.165, 1.54) is 19.3 Å². The number of hydrogen-bond donors (Lipinski definition) is 2. The molecule has 0 aliphatic rings. The first-order chi connectivity index (χ1) is 7.54. The van der Waals surface area contributed by atoms with Crippen LogP contribution < -0.4 is 5.73 Å². The molecule has 0 radical (unpaired) electrons. The van der Waals surface area contributed by atoms with Crippen molar-refractivity contribution in [2.45, 2.75) is 45.7 Å². The Bertz CT molecular complexity index is 270. The Morgan fingerprint density at radius 2 is 1.71 bits per heavy atom. The zero-order valence-corrected chi connectivity index (χ0v) is 12.0. The summed E-state index contributed by atoms with van der Waals surface area (Å²) in [5, 5.41) is 0. The monoisotopic (exact) mass is 270 g/mol. The molecule has 0 aromatic carbocycles. The molecule has 1 atom stereocenters. The summed E-state index contributed by atoms with van der Waals surface area (Å²) in [5.74, 6) is 0. The summed E-state index contributed by atoms with van der Waals surface area (Å²) in [6.45, 7) is 5.54. The molecule has 0 aliphatic carbocycles. The fraction of sp³-hybridized carbons (Fsp3) is 1.00. The summed E-state index contributed by atoms with van der Waals surface area (Å²) in [6, 6.07) is 0. The highest BCUT2D eigenvalue weighted by molar-refractivity contribution is 7.79. The van der Waals surface area contributed by atoms with Crippen LogP contribution in [0.25, 0.3) is 0 Å². The highest BCUT2D eigenvalue weighted by Gasteiger charge is 2.20. The van der Waals surface area contributed by atoms with Crippen molar-refractivity contribution in [3.05, 3.63) is 0 Å². The molecule has 6 nitrogen and oxygen atoms in total. The molecule has 1 unspecified atom stereocenters. The van der Waals surface area contributed by atoms with Crippen LogP contribution in [0.3, 0.4) is 0 Å². The number of nitrogens with two attached hydrogens (primary N) is 1. The predicted octanol–water partition coefficient (Wildman–Crippen LogP) is 0.952. The summed E-state index contributed by atoms with van der Waals surface area (Å²) in [7, 11) is -0.507. The first-order valence-electron chi connectivity index (χ1n) is 5.81. The van der Waals surface area contributed by atoms with E-state index in [1.54, 1.807) is 0 Å². The van der Waals surface area contributed by atoms with Crippen LogP contribution in [0.4, 0.5) is 0 Å². The van der Waals surface area contributed by atoms with Gasteiger partial charge in [0.05, 0.1) is 20.6 Å². The standard InChI is InChI=1S/C10H25N2.H2O4S/c1-5-7-8-9-10(11)12(3,4)6-2;1-5(2,3)4/h10H,5-9,11H2,1-4H3;(H2,1,2,3,4)/q+1;/p-1. The summed E-state index contributed by atoms with van der Waals surface area (Å²) in [6.07, 6.45) is 5.36. The van der Waals surface area contributed by atoms with Gasteiger partial charge >= 0.3 is 0 Å². The fourth-order valence-corrected chi connectivity index (χ4v) is 1.19. The van der Waals surface area contributed by atoms with E-state index >= 15 is 0 Å². The van der Waals surface area contributed by atoms with Crippen LogP contribution in [-0.2, 0) is 10.4 Å². The smallest absolute Gasteiger partial charge is 0.215 e. The molecule has 0 rings (SSSR count). The van der Waals surface area contributed by atoms with Crippen molar-refractivity contribution in [2.24, 2.45) is 5.73 Å². The molecule has 0 amide bonds. The molecular weight excluding hydrogens is 244 g/mol. The average Bonchev–Trinajstić information content (AvgIpc) is 2.15. The maximum atomic E-state index is 8.63. The van der Waals surface area contributed by atoms with Gasteiger partial charge in [-0.1, -0.05) is 19.8 Å². The van der Waals surface area contributed by atoms with Crippen LogP contribution in [0.2, 0.25) is 0 Å². The first kappa shape index (κ1) is 19.1. The number of nitrogens with zero attached hydrogens (tertiary/aromatic N) is 1. The second-order valence-electron chi connectivity index (χ2n) is 4.59. The van der Waals surface area contributed by atoms with Gasteiger partial charge in [-0.05, 0) is 13.3 Å². The van der Waals surface area contributed by atoms with E-state index < -0.39 is 10.4 Å². The highest BCUT2D eigenvalue weighted by atomic mass is 32.3. The van der Waals surface area contributed by atoms with E-state index in [-0.39, 0.29) is 0 Å². The lowest BCUT2D eigenvalue weighted by atomic mass is 10.1. The van der Waals surface area contributed by atoms with E-state index in [4.69, 9.17) is 23.3 Å². The number of quaternary nitrogens is 1. The van der Waals surface area contributed by atoms with Crippen molar-refractivity contribution in [3.8, 4) is 0 Å². The molecule has 17 heavy (non-hydrogen) atoms. The van der Waals surface area contributed by atoms with Gasteiger partial charge in [0.25, 0.3) is 0 Å². The van der Waals surface area contributed by atoms with Crippen LogP contribution in [0.1, 0.15) is 39.5 Å². The summed E-state index contributed by atoms with van der Waals surface area (Å²) >= 11 is 0. The van der Waals surface area contributed by atoms with Crippen molar-refractivity contribution in [2.75, 3.05) is 20.6 Å². The van der Waals surface area contributed by atoms with Crippen molar-refractivity contribution in [3.63, 3.8) is 0 Å². The maximum absolute atomic E-state index is 8.63. The molecule has 0 aromatic rings. The molecule has 0 fully saturated rings. The largest absolute Gasteiger partial charge is 0.726 e. The fourth-order valence-electron chi connectivity index (χ4n) is 1.19. The summed E-state index contributed by atoms with van der Waals surface area (Å²) < 4.78 is 33.8. The van der Waals surface area contributed by atoms with Crippen molar-refractivity contribution >= 4 is 10.4 Å². The Hall–Kier alpha value is -0.210. The van der Waals surface area contributed by atoms with Crippen LogP contribution in [0, 0.1) is 0 Å². The molecule has 0 heterocycles. The van der Waals surface area contributed by atoms with Crippen LogP contribution >= 0.6 is 0 Å². The third-order valence-corrected chi connectivity index (χ3v) is 2.82. The lowest BCUT2D eigenvalue weighted by molar-refractivity contribution is -0.913. The van der Waals surface area contributed by atoms with Gasteiger partial charge in [0.15, 0.2) is 0 Å². The number of rotatable bonds is 6. The van der Waals surface area contributed by atoms with E-state index in [0.717, 1.165) is 17.4 Å². The zero-order valence-electron chi connectivity index (χ0n) is 11.2. The average molecular weight is 270 g/mol. The van der Waals surface area contributed by atoms with Crippen LogP contribution in [0.5, 0.6) is 0 Å². The summed E-state index contributed by atoms with van der Waals surface area (Å²) in [5.41, 5.74) is 6.07. The molecule has 0 saturated carbocycles. The molecule has 106 valence electrons. The van der Waals surface area contributed by atoms with Gasteiger partial charge in [0.1, 0.15) is 6.17 Å². The third-order valence-electron chi connectivity index (χ3n) is 2.82. The Kier molecular flexibility index (Phi) is 9.93. The van der Waals surface area contributed by atoms with Gasteiger partial charge in [-0.25, -0.2) is 8.42 Å². The molecule has 7 heteroatoms. The molecule has 0 aromatic heterocycles. The van der Waals surface area contributed by atoms with Gasteiger partial charge in [0, 0.05) is 6.42 Å². The lowest BCUT2D eigenvalue weighted by Gasteiger charge is -2.34. The van der Waals surface area contributed by atoms with E-state index in [1.807, 2.05) is 0 Å². The minimum absolute atomic E-state index is 0.321. The van der Waals surface area contributed by atoms with Gasteiger partial charge in [-0.3, -0.25) is 10.3 Å². The van der Waals surface area contributed by atoms with Gasteiger partial charge in [-0.15, -0.1) is 0 Å². The van der Waals surface area contributed by atoms with Crippen molar-refractivity contribution in [1.29, 1.82) is 0 Å². The first-order valence-corrected chi connectivity index (χ1v) is 7.17. The minimum Gasteiger partial charge on any atom is -0.726 e. The number of unbranched alkanes of at least 4 members (excludes halogenated alkanes) is 2. The van der Waals surface area contributed by atoms with Gasteiger partial charge < -0.3 is 9.04 Å². The van der Waals surface area contributed by atoms with Gasteiger partial charge in [-0.2, -0.15) is 0 Å². The predicted molar refractivity (Wildman–Crippen MR) is 67.1 cm³/mol. The van der Waals surface area contributed by atoms with E-state index in [9.17, 15) is 0 Å². The summed E-state index contributed by atoms with van der Waals surface area (Å²) in [4.78, 5) is 0. The SMILES string of the molecule is CCCCCC(N)[N+](C)(C)CC.O=S(=O)([O-])O. The molecule has 0 bridgehead atoms. The van der Waals surface area contributed by atoms with E-state index in [0.29, 0.717) is 6.17 Å². The molecule has 0 aliphatic heterocycles. The van der Waals surface area contributed by atoms with Crippen LogP contribution in [0.15, 0.2) is 0 Å². The van der Waals surface area contributed by atoms with Crippen molar-refractivity contribution < 1.29 is 22.0 Å². The molecule has 3 N–H and O–H groups in total. The van der Waals surface area contributed by atoms with Gasteiger partial charge in [0.2, 0.25) is 10.4 Å². The topological polar surface area (TPSA) is 103 Å². The maximum Gasteiger partial charge on any atom is 0.215 e. The Morgan fingerprint density at radius 3 is 2.00 bits per heavy atom. The zero-order chi connectivity index (χ0) is 14.1. The minimum atomic E-state index is -4.92. The normalized spacial score (nSPS) is 13.8. The molecule has 0 saturated heterocycles. The second-order valence-corrected chi connectivity index (χ2v) is 5.44. The quantitative estimate of drug-likeness (QED) is 0.246. The second kappa shape index (κ2) is 8.82. The Morgan fingerprint density at radius 1 is 1.29 bits per heavy atom. The molecular formula is C10H26N2O4S. The van der Waals surface area contributed by atoms with Crippen molar-refractivity contribution in [1.82, 2.24) is 0 Å². The van der Waals surface area contributed by atoms with E-state index in [2.05, 4.69) is 27.9 Å².